The van der Waals surface area contributed by atoms with Crippen molar-refractivity contribution in [1.82, 2.24) is 14.9 Å². The van der Waals surface area contributed by atoms with E-state index in [2.05, 4.69) is 26.1 Å². The number of thioether (sulfide) groups is 1. The van der Waals surface area contributed by atoms with E-state index in [0.29, 0.717) is 11.0 Å². The summed E-state index contributed by atoms with van der Waals surface area (Å²) in [4.78, 5) is 0. The Morgan fingerprint density at radius 1 is 1.41 bits per heavy atom. The van der Waals surface area contributed by atoms with Crippen LogP contribution in [-0.4, -0.2) is 14.9 Å². The molecule has 0 amide bonds. The van der Waals surface area contributed by atoms with Crippen molar-refractivity contribution in [3.8, 4) is 0 Å². The smallest absolute Gasteiger partial charge is 0.210 e. The summed E-state index contributed by atoms with van der Waals surface area (Å²) in [5.74, 6) is 7.23. The van der Waals surface area contributed by atoms with Crippen LogP contribution < -0.4 is 11.6 Å². The molecule has 0 aliphatic carbocycles. The van der Waals surface area contributed by atoms with Crippen molar-refractivity contribution < 1.29 is 0 Å². The number of halogens is 1. The van der Waals surface area contributed by atoms with Gasteiger partial charge in [0, 0.05) is 15.9 Å². The van der Waals surface area contributed by atoms with E-state index in [-0.39, 0.29) is 0 Å². The van der Waals surface area contributed by atoms with Crippen LogP contribution in [0, 0.1) is 6.92 Å². The first-order valence-corrected chi connectivity index (χ1v) is 6.69. The summed E-state index contributed by atoms with van der Waals surface area (Å²) in [6, 6.07) is 5.74. The Bertz CT molecular complexity index is 539. The van der Waals surface area contributed by atoms with Crippen molar-refractivity contribution in [2.75, 3.05) is 11.6 Å². The second kappa shape index (κ2) is 4.97. The van der Waals surface area contributed by atoms with Gasteiger partial charge < -0.3 is 11.6 Å². The van der Waals surface area contributed by atoms with Crippen LogP contribution >= 0.6 is 27.7 Å². The third-order valence-electron chi connectivity index (χ3n) is 2.27. The molecule has 0 saturated heterocycles. The maximum atomic E-state index is 5.77. The molecular formula is C10H12BrN5S. The number of nitrogens with two attached hydrogens (primary N) is 2. The lowest BCUT2D eigenvalue weighted by Crippen LogP contribution is -2.11. The van der Waals surface area contributed by atoms with Crippen molar-refractivity contribution in [3.63, 3.8) is 0 Å². The van der Waals surface area contributed by atoms with Gasteiger partial charge in [-0.2, -0.15) is 0 Å². The monoisotopic (exact) mass is 313 g/mol. The molecule has 1 heterocycles. The predicted octanol–water partition coefficient (Wildman–Crippen LogP) is 1.94. The molecular weight excluding hydrogens is 302 g/mol. The Hall–Kier alpha value is -1.21. The average Bonchev–Trinajstić information content (AvgIpc) is 2.59. The van der Waals surface area contributed by atoms with Gasteiger partial charge in [0.15, 0.2) is 0 Å². The van der Waals surface area contributed by atoms with Crippen molar-refractivity contribution in [3.05, 3.63) is 34.1 Å². The summed E-state index contributed by atoms with van der Waals surface area (Å²) < 4.78 is 2.47. The molecule has 0 radical (unpaired) electrons. The quantitative estimate of drug-likeness (QED) is 0.514. The minimum absolute atomic E-state index is 0.698. The van der Waals surface area contributed by atoms with Crippen molar-refractivity contribution >= 4 is 33.4 Å². The molecule has 0 bridgehead atoms. The number of benzene rings is 1. The third kappa shape index (κ3) is 2.73. The first kappa shape index (κ1) is 12.3. The summed E-state index contributed by atoms with van der Waals surface area (Å²) in [7, 11) is 0. The number of anilines is 1. The molecule has 7 heteroatoms. The van der Waals surface area contributed by atoms with Gasteiger partial charge in [0.2, 0.25) is 5.16 Å². The van der Waals surface area contributed by atoms with Gasteiger partial charge in [0.25, 0.3) is 0 Å². The normalized spacial score (nSPS) is 10.7. The number of nitrogen functional groups attached to an aromatic ring is 2. The SMILES string of the molecule is Cc1nnc(SCc2ccc(N)cc2Br)n1N. The highest BCUT2D eigenvalue weighted by atomic mass is 79.9. The molecule has 90 valence electrons. The molecule has 5 nitrogen and oxygen atoms in total. The summed E-state index contributed by atoms with van der Waals surface area (Å²) in [6.07, 6.45) is 0. The highest BCUT2D eigenvalue weighted by Crippen LogP contribution is 2.26. The zero-order valence-corrected chi connectivity index (χ0v) is 11.6. The van der Waals surface area contributed by atoms with E-state index in [1.54, 1.807) is 0 Å². The lowest BCUT2D eigenvalue weighted by molar-refractivity contribution is 0.825. The molecule has 0 unspecified atom stereocenters. The van der Waals surface area contributed by atoms with Gasteiger partial charge in [-0.15, -0.1) is 10.2 Å². The van der Waals surface area contributed by atoms with Crippen LogP contribution in [0.4, 0.5) is 5.69 Å². The lowest BCUT2D eigenvalue weighted by Gasteiger charge is -2.05. The highest BCUT2D eigenvalue weighted by Gasteiger charge is 2.08. The fourth-order valence-corrected chi connectivity index (χ4v) is 2.90. The van der Waals surface area contributed by atoms with Crippen LogP contribution in [0.5, 0.6) is 0 Å². The van der Waals surface area contributed by atoms with Crippen molar-refractivity contribution in [1.29, 1.82) is 0 Å². The lowest BCUT2D eigenvalue weighted by atomic mass is 10.2. The van der Waals surface area contributed by atoms with Crippen LogP contribution in [-0.2, 0) is 5.75 Å². The Morgan fingerprint density at radius 3 is 2.76 bits per heavy atom. The molecule has 0 spiro atoms. The minimum atomic E-state index is 0.698. The van der Waals surface area contributed by atoms with E-state index in [1.807, 2.05) is 25.1 Å². The van der Waals surface area contributed by atoms with Crippen LogP contribution in [0.3, 0.4) is 0 Å². The summed E-state index contributed by atoms with van der Waals surface area (Å²) in [5.41, 5.74) is 7.56. The molecule has 1 aromatic heterocycles. The zero-order chi connectivity index (χ0) is 12.4. The number of hydrogen-bond donors (Lipinski definition) is 2. The highest BCUT2D eigenvalue weighted by molar-refractivity contribution is 9.10. The Kier molecular flexibility index (Phi) is 3.58. The minimum Gasteiger partial charge on any atom is -0.399 e. The topological polar surface area (TPSA) is 82.8 Å². The molecule has 2 aromatic rings. The van der Waals surface area contributed by atoms with Gasteiger partial charge in [-0.1, -0.05) is 33.8 Å². The molecule has 1 aromatic carbocycles. The van der Waals surface area contributed by atoms with Gasteiger partial charge in [-0.25, -0.2) is 4.68 Å². The summed E-state index contributed by atoms with van der Waals surface area (Å²) in [6.45, 7) is 1.82. The number of hydrogen-bond acceptors (Lipinski definition) is 5. The third-order valence-corrected chi connectivity index (χ3v) is 4.00. The largest absolute Gasteiger partial charge is 0.399 e. The van der Waals surface area contributed by atoms with E-state index in [0.717, 1.165) is 21.5 Å². The molecule has 17 heavy (non-hydrogen) atoms. The summed E-state index contributed by atoms with van der Waals surface area (Å²) >= 11 is 5.01. The van der Waals surface area contributed by atoms with Crippen molar-refractivity contribution in [2.24, 2.45) is 0 Å². The number of rotatable bonds is 3. The number of nitrogens with zero attached hydrogens (tertiary/aromatic N) is 3. The Morgan fingerprint density at radius 2 is 2.18 bits per heavy atom. The van der Waals surface area contributed by atoms with E-state index >= 15 is 0 Å². The van der Waals surface area contributed by atoms with Gasteiger partial charge in [0.05, 0.1) is 0 Å². The van der Waals surface area contributed by atoms with Gasteiger partial charge in [0.1, 0.15) is 5.82 Å². The van der Waals surface area contributed by atoms with Gasteiger partial charge in [-0.3, -0.25) is 0 Å². The van der Waals surface area contributed by atoms with E-state index in [9.17, 15) is 0 Å². The fraction of sp³-hybridized carbons (Fsp3) is 0.200. The maximum absolute atomic E-state index is 5.77. The predicted molar refractivity (Wildman–Crippen MR) is 73.0 cm³/mol. The second-order valence-corrected chi connectivity index (χ2v) is 5.34. The van der Waals surface area contributed by atoms with Gasteiger partial charge >= 0.3 is 0 Å². The standard InChI is InChI=1S/C10H12BrN5S/c1-6-14-15-10(16(6)13)17-5-7-2-3-8(12)4-9(7)11/h2-4H,5,12-13H2,1H3. The van der Waals surface area contributed by atoms with Crippen LogP contribution in [0.15, 0.2) is 27.8 Å². The Balaban J connectivity index is 2.10. The van der Waals surface area contributed by atoms with E-state index in [1.165, 1.54) is 16.4 Å². The molecule has 0 aliphatic rings. The first-order chi connectivity index (χ1) is 8.08. The molecule has 4 N–H and O–H groups in total. The maximum Gasteiger partial charge on any atom is 0.210 e. The molecule has 0 aliphatic heterocycles. The van der Waals surface area contributed by atoms with Crippen LogP contribution in [0.2, 0.25) is 0 Å². The number of aromatic nitrogens is 3. The average molecular weight is 314 g/mol. The first-order valence-electron chi connectivity index (χ1n) is 4.91. The molecule has 0 saturated carbocycles. The molecule has 2 rings (SSSR count). The van der Waals surface area contributed by atoms with Crippen LogP contribution in [0.1, 0.15) is 11.4 Å². The molecule has 0 fully saturated rings. The van der Waals surface area contributed by atoms with E-state index < -0.39 is 0 Å². The fourth-order valence-electron chi connectivity index (χ4n) is 1.27. The zero-order valence-electron chi connectivity index (χ0n) is 9.22. The van der Waals surface area contributed by atoms with Crippen LogP contribution in [0.25, 0.3) is 0 Å². The summed E-state index contributed by atoms with van der Waals surface area (Å²) in [5, 5.41) is 8.59. The number of aryl methyl sites for hydroxylation is 1. The van der Waals surface area contributed by atoms with Crippen molar-refractivity contribution in [2.45, 2.75) is 17.8 Å². The van der Waals surface area contributed by atoms with E-state index in [4.69, 9.17) is 11.6 Å². The second-order valence-electron chi connectivity index (χ2n) is 3.54. The van der Waals surface area contributed by atoms with Gasteiger partial charge in [-0.05, 0) is 24.6 Å². The molecule has 0 atom stereocenters. The Labute approximate surface area is 112 Å².